The average Bonchev–Trinajstić information content (AvgIpc) is 2.09. The molecule has 1 aromatic carbocycles. The zero-order valence-electron chi connectivity index (χ0n) is 7.50. The first-order valence-corrected chi connectivity index (χ1v) is 5.06. The molecule has 0 aromatic heterocycles. The van der Waals surface area contributed by atoms with Gasteiger partial charge >= 0.3 is 0 Å². The molecule has 1 aromatic rings. The molecular weight excluding hydrogens is 240 g/mol. The molecule has 0 amide bonds. The second kappa shape index (κ2) is 5.36. The number of anilines is 1. The van der Waals surface area contributed by atoms with E-state index in [1.165, 1.54) is 0 Å². The summed E-state index contributed by atoms with van der Waals surface area (Å²) in [5, 5.41) is 4.53. The predicted octanol–water partition coefficient (Wildman–Crippen LogP) is 4.08. The lowest BCUT2D eigenvalue weighted by Gasteiger charge is -2.07. The standard InChI is InChI=1S/C10H8Cl3N/c1-2-3-4-14-10-8(12)5-7(11)6-9(10)13/h5-6,14H,4H2,1H3. The summed E-state index contributed by atoms with van der Waals surface area (Å²) in [7, 11) is 0. The van der Waals surface area contributed by atoms with Gasteiger partial charge in [-0.3, -0.25) is 0 Å². The maximum Gasteiger partial charge on any atom is 0.0766 e. The van der Waals surface area contributed by atoms with E-state index in [4.69, 9.17) is 34.8 Å². The van der Waals surface area contributed by atoms with Crippen LogP contribution in [0.25, 0.3) is 0 Å². The molecule has 0 saturated carbocycles. The molecule has 0 unspecified atom stereocenters. The number of hydrogen-bond acceptors (Lipinski definition) is 1. The zero-order valence-corrected chi connectivity index (χ0v) is 9.76. The molecule has 1 nitrogen and oxygen atoms in total. The van der Waals surface area contributed by atoms with Gasteiger partial charge in [0.2, 0.25) is 0 Å². The van der Waals surface area contributed by atoms with Crippen molar-refractivity contribution < 1.29 is 0 Å². The van der Waals surface area contributed by atoms with E-state index in [1.807, 2.05) is 0 Å². The molecule has 0 aliphatic carbocycles. The summed E-state index contributed by atoms with van der Waals surface area (Å²) in [5.74, 6) is 5.62. The Morgan fingerprint density at radius 2 is 1.79 bits per heavy atom. The van der Waals surface area contributed by atoms with Gasteiger partial charge in [-0.05, 0) is 19.1 Å². The van der Waals surface area contributed by atoms with Gasteiger partial charge < -0.3 is 5.32 Å². The normalized spacial score (nSPS) is 9.14. The minimum Gasteiger partial charge on any atom is -0.372 e. The lowest BCUT2D eigenvalue weighted by Crippen LogP contribution is -1.99. The van der Waals surface area contributed by atoms with E-state index in [1.54, 1.807) is 19.1 Å². The minimum atomic E-state index is 0.500. The molecule has 1 rings (SSSR count). The third-order valence-corrected chi connectivity index (χ3v) is 2.35. The van der Waals surface area contributed by atoms with Crippen LogP contribution in [-0.4, -0.2) is 6.54 Å². The first-order chi connectivity index (χ1) is 6.65. The van der Waals surface area contributed by atoms with Crippen LogP contribution in [0, 0.1) is 11.8 Å². The predicted molar refractivity (Wildman–Crippen MR) is 63.4 cm³/mol. The largest absolute Gasteiger partial charge is 0.372 e. The van der Waals surface area contributed by atoms with Gasteiger partial charge in [-0.2, -0.15) is 0 Å². The van der Waals surface area contributed by atoms with Crippen molar-refractivity contribution in [1.82, 2.24) is 0 Å². The van der Waals surface area contributed by atoms with Crippen LogP contribution in [0.2, 0.25) is 15.1 Å². The van der Waals surface area contributed by atoms with Gasteiger partial charge in [-0.1, -0.05) is 40.7 Å². The monoisotopic (exact) mass is 247 g/mol. The van der Waals surface area contributed by atoms with Crippen molar-refractivity contribution in [3.63, 3.8) is 0 Å². The van der Waals surface area contributed by atoms with Crippen molar-refractivity contribution in [2.45, 2.75) is 6.92 Å². The third-order valence-electron chi connectivity index (χ3n) is 1.54. The van der Waals surface area contributed by atoms with Crippen LogP contribution >= 0.6 is 34.8 Å². The summed E-state index contributed by atoms with van der Waals surface area (Å²) < 4.78 is 0. The lowest BCUT2D eigenvalue weighted by atomic mass is 10.3. The summed E-state index contributed by atoms with van der Waals surface area (Å²) in [6, 6.07) is 3.27. The summed E-state index contributed by atoms with van der Waals surface area (Å²) in [6.07, 6.45) is 0. The summed E-state index contributed by atoms with van der Waals surface area (Å²) in [5.41, 5.74) is 0.667. The molecule has 0 spiro atoms. The first-order valence-electron chi connectivity index (χ1n) is 3.93. The molecule has 0 aliphatic heterocycles. The molecule has 0 fully saturated rings. The van der Waals surface area contributed by atoms with Gasteiger partial charge in [-0.25, -0.2) is 0 Å². The number of benzene rings is 1. The Labute approximate surface area is 98.4 Å². The molecule has 0 atom stereocenters. The SMILES string of the molecule is CC#CCNc1c(Cl)cc(Cl)cc1Cl. The third kappa shape index (κ3) is 2.99. The highest BCUT2D eigenvalue weighted by Gasteiger charge is 2.05. The van der Waals surface area contributed by atoms with Gasteiger partial charge in [0.15, 0.2) is 0 Å². The Balaban J connectivity index is 2.89. The van der Waals surface area contributed by atoms with Crippen molar-refractivity contribution in [2.24, 2.45) is 0 Å². The Bertz CT molecular complexity index is 367. The van der Waals surface area contributed by atoms with Gasteiger partial charge in [0, 0.05) is 5.02 Å². The molecule has 4 heteroatoms. The van der Waals surface area contributed by atoms with Crippen LogP contribution in [-0.2, 0) is 0 Å². The summed E-state index contributed by atoms with van der Waals surface area (Å²) in [6.45, 7) is 2.28. The molecule has 0 heterocycles. The van der Waals surface area contributed by atoms with E-state index in [2.05, 4.69) is 17.2 Å². The highest BCUT2D eigenvalue weighted by atomic mass is 35.5. The second-order valence-electron chi connectivity index (χ2n) is 2.52. The molecule has 0 bridgehead atoms. The Morgan fingerprint density at radius 3 is 2.29 bits per heavy atom. The molecule has 0 saturated heterocycles. The van der Waals surface area contributed by atoms with Gasteiger partial charge in [0.05, 0.1) is 22.3 Å². The van der Waals surface area contributed by atoms with Gasteiger partial charge in [-0.15, -0.1) is 5.92 Å². The van der Waals surface area contributed by atoms with E-state index in [-0.39, 0.29) is 0 Å². The van der Waals surface area contributed by atoms with Crippen LogP contribution in [0.15, 0.2) is 12.1 Å². The van der Waals surface area contributed by atoms with Gasteiger partial charge in [0.25, 0.3) is 0 Å². The number of rotatable bonds is 2. The average molecular weight is 249 g/mol. The number of nitrogens with one attached hydrogen (secondary N) is 1. The fourth-order valence-electron chi connectivity index (χ4n) is 0.932. The highest BCUT2D eigenvalue weighted by Crippen LogP contribution is 2.33. The molecular formula is C10H8Cl3N. The topological polar surface area (TPSA) is 12.0 Å². The van der Waals surface area contributed by atoms with Crippen molar-refractivity contribution in [3.8, 4) is 11.8 Å². The molecule has 0 radical (unpaired) electrons. The smallest absolute Gasteiger partial charge is 0.0766 e. The first kappa shape index (κ1) is 11.5. The van der Waals surface area contributed by atoms with E-state index in [9.17, 15) is 0 Å². The van der Waals surface area contributed by atoms with E-state index in [0.29, 0.717) is 27.3 Å². The van der Waals surface area contributed by atoms with Crippen molar-refractivity contribution in [1.29, 1.82) is 0 Å². The van der Waals surface area contributed by atoms with Crippen LogP contribution in [0.3, 0.4) is 0 Å². The zero-order chi connectivity index (χ0) is 10.6. The van der Waals surface area contributed by atoms with E-state index in [0.717, 1.165) is 0 Å². The molecule has 0 aliphatic rings. The van der Waals surface area contributed by atoms with Crippen LogP contribution in [0.4, 0.5) is 5.69 Å². The molecule has 14 heavy (non-hydrogen) atoms. The fourth-order valence-corrected chi connectivity index (χ4v) is 1.88. The van der Waals surface area contributed by atoms with Crippen molar-refractivity contribution in [3.05, 3.63) is 27.2 Å². The maximum absolute atomic E-state index is 5.93. The molecule has 74 valence electrons. The maximum atomic E-state index is 5.93. The van der Waals surface area contributed by atoms with Crippen LogP contribution in [0.1, 0.15) is 6.92 Å². The highest BCUT2D eigenvalue weighted by molar-refractivity contribution is 6.41. The Kier molecular flexibility index (Phi) is 4.41. The Morgan fingerprint density at radius 1 is 1.21 bits per heavy atom. The van der Waals surface area contributed by atoms with E-state index >= 15 is 0 Å². The van der Waals surface area contributed by atoms with Gasteiger partial charge in [0.1, 0.15) is 0 Å². The Hall–Kier alpha value is -0.550. The summed E-state index contributed by atoms with van der Waals surface area (Å²) >= 11 is 17.6. The minimum absolute atomic E-state index is 0.500. The second-order valence-corrected chi connectivity index (χ2v) is 3.78. The van der Waals surface area contributed by atoms with E-state index < -0.39 is 0 Å². The fraction of sp³-hybridized carbons (Fsp3) is 0.200. The number of hydrogen-bond donors (Lipinski definition) is 1. The quantitative estimate of drug-likeness (QED) is 0.778. The van der Waals surface area contributed by atoms with Crippen LogP contribution in [0.5, 0.6) is 0 Å². The summed E-state index contributed by atoms with van der Waals surface area (Å²) in [4.78, 5) is 0. The van der Waals surface area contributed by atoms with Crippen molar-refractivity contribution >= 4 is 40.5 Å². The molecule has 1 N–H and O–H groups in total. The number of halogens is 3. The lowest BCUT2D eigenvalue weighted by molar-refractivity contribution is 1.38. The van der Waals surface area contributed by atoms with Crippen molar-refractivity contribution in [2.75, 3.05) is 11.9 Å². The van der Waals surface area contributed by atoms with Crippen LogP contribution < -0.4 is 5.32 Å².